The average Bonchev–Trinajstić information content (AvgIpc) is 2.36. The van der Waals surface area contributed by atoms with Crippen LogP contribution in [0, 0.1) is 11.8 Å². The van der Waals surface area contributed by atoms with Crippen LogP contribution in [0.1, 0.15) is 39.5 Å². The molecule has 0 bridgehead atoms. The first-order valence-corrected chi connectivity index (χ1v) is 21.1. The molecule has 0 saturated carbocycles. The Morgan fingerprint density at radius 2 is 1.00 bits per heavy atom. The third-order valence-electron chi connectivity index (χ3n) is 2.92. The molecule has 0 aromatic rings. The molecule has 0 aromatic heterocycles. The van der Waals surface area contributed by atoms with Crippen molar-refractivity contribution < 1.29 is 0 Å². The zero-order valence-electron chi connectivity index (χ0n) is 13.5. The molecule has 0 aliphatic rings. The van der Waals surface area contributed by atoms with E-state index in [2.05, 4.69) is 13.8 Å². The van der Waals surface area contributed by atoms with E-state index >= 15 is 0 Å². The molecule has 0 saturated heterocycles. The van der Waals surface area contributed by atoms with E-state index in [1.807, 2.05) is 41.2 Å². The Kier molecular flexibility index (Phi) is 18.2. The molecule has 0 aliphatic heterocycles. The third-order valence-corrected chi connectivity index (χ3v) is 13.7. The maximum absolute atomic E-state index is 5.88. The lowest BCUT2D eigenvalue weighted by atomic mass is 10.1. The Balaban J connectivity index is 3.34. The molecule has 2 unspecified atom stereocenters. The van der Waals surface area contributed by atoms with Crippen molar-refractivity contribution in [3.63, 3.8) is 0 Å². The summed E-state index contributed by atoms with van der Waals surface area (Å²) in [6.45, 7) is 4.31. The van der Waals surface area contributed by atoms with E-state index in [4.69, 9.17) is 64.1 Å². The first-order valence-electron chi connectivity index (χ1n) is 7.37. The molecule has 24 heavy (non-hydrogen) atoms. The molecule has 0 fully saturated rings. The van der Waals surface area contributed by atoms with E-state index in [9.17, 15) is 0 Å². The highest BCUT2D eigenvalue weighted by Gasteiger charge is 2.18. The van der Waals surface area contributed by atoms with Crippen molar-refractivity contribution in [1.29, 1.82) is 0 Å². The molecular formula is C12H24Cl6S6. The predicted octanol–water partition coefficient (Wildman–Crippen LogP) is 11.0. The molecule has 0 radical (unpaired) electrons. The van der Waals surface area contributed by atoms with E-state index in [1.165, 1.54) is 12.8 Å². The van der Waals surface area contributed by atoms with Crippen molar-refractivity contribution in [3.8, 4) is 0 Å². The summed E-state index contributed by atoms with van der Waals surface area (Å²) in [6, 6.07) is 0. The topological polar surface area (TPSA) is 0 Å². The lowest BCUT2D eigenvalue weighted by molar-refractivity contribution is 0.589. The van der Waals surface area contributed by atoms with Crippen LogP contribution >= 0.6 is 121 Å². The van der Waals surface area contributed by atoms with Gasteiger partial charge in [0.05, 0.1) is 0 Å². The second-order valence-corrected chi connectivity index (χ2v) is 26.9. The van der Waals surface area contributed by atoms with Gasteiger partial charge in [-0.1, -0.05) is 35.4 Å². The number of halogens is 6. The normalized spacial score (nSPS) is 16.8. The minimum Gasteiger partial charge on any atom is -0.0817 e. The van der Waals surface area contributed by atoms with E-state index in [0.29, 0.717) is 23.3 Å². The average molecular weight is 573 g/mol. The van der Waals surface area contributed by atoms with Gasteiger partial charge in [-0.05, 0) is 137 Å². The van der Waals surface area contributed by atoms with E-state index in [0.717, 1.165) is 24.3 Å². The van der Waals surface area contributed by atoms with Gasteiger partial charge < -0.3 is 0 Å². The Bertz CT molecular complexity index is 281. The summed E-state index contributed by atoms with van der Waals surface area (Å²) in [5.41, 5.74) is 0. The van der Waals surface area contributed by atoms with Crippen LogP contribution in [0.3, 0.4) is 0 Å². The van der Waals surface area contributed by atoms with Gasteiger partial charge in [-0.15, -0.1) is 0 Å². The standard InChI is InChI=1S/C12H24Cl6S6/c1-11(9-23(13,14)15)5-3-7-19-21-22-20-8-4-6-12(2)10-24(16,17)18/h11-12H,3-10H2,1-2H3. The Morgan fingerprint density at radius 3 is 1.29 bits per heavy atom. The summed E-state index contributed by atoms with van der Waals surface area (Å²) in [6.07, 6.45) is 4.58. The maximum Gasteiger partial charge on any atom is 0.0190 e. The predicted molar refractivity (Wildman–Crippen MR) is 137 cm³/mol. The molecule has 0 amide bonds. The van der Waals surface area contributed by atoms with E-state index < -0.39 is 15.3 Å². The Hall–Kier alpha value is 3.84. The fourth-order valence-corrected chi connectivity index (χ4v) is 13.6. The molecule has 0 aliphatic carbocycles. The summed E-state index contributed by atoms with van der Waals surface area (Å²) in [5, 5.41) is 0. The molecule has 2 atom stereocenters. The van der Waals surface area contributed by atoms with Crippen LogP contribution in [0.4, 0.5) is 0 Å². The van der Waals surface area contributed by atoms with Crippen LogP contribution in [-0.2, 0) is 0 Å². The van der Waals surface area contributed by atoms with Gasteiger partial charge in [-0.3, -0.25) is 0 Å². The highest BCUT2D eigenvalue weighted by Crippen LogP contribution is 2.64. The molecule has 0 heterocycles. The van der Waals surface area contributed by atoms with Crippen LogP contribution in [0.5, 0.6) is 0 Å². The van der Waals surface area contributed by atoms with Crippen molar-refractivity contribution in [1.82, 2.24) is 0 Å². The van der Waals surface area contributed by atoms with Gasteiger partial charge in [-0.2, -0.15) is 0 Å². The second kappa shape index (κ2) is 15.6. The second-order valence-electron chi connectivity index (χ2n) is 5.61. The first-order chi connectivity index (χ1) is 11.0. The van der Waals surface area contributed by atoms with Crippen molar-refractivity contribution in [2.45, 2.75) is 39.5 Å². The van der Waals surface area contributed by atoms with Gasteiger partial charge >= 0.3 is 0 Å². The molecule has 0 spiro atoms. The van der Waals surface area contributed by atoms with Gasteiger partial charge in [-0.25, -0.2) is 0 Å². The van der Waals surface area contributed by atoms with Crippen LogP contribution in [0.25, 0.3) is 0 Å². The molecule has 0 aromatic carbocycles. The monoisotopic (exact) mass is 570 g/mol. The minimum atomic E-state index is -1.92. The SMILES string of the molecule is CC(CCCSSSSCCCC(C)CS(Cl)(Cl)Cl)CS(Cl)(Cl)Cl. The first kappa shape index (κ1) is 27.8. The molecule has 150 valence electrons. The molecule has 0 nitrogen and oxygen atoms in total. The van der Waals surface area contributed by atoms with Crippen molar-refractivity contribution in [2.24, 2.45) is 11.8 Å². The number of hydrogen-bond donors (Lipinski definition) is 0. The summed E-state index contributed by atoms with van der Waals surface area (Å²) in [4.78, 5) is 0. The zero-order valence-corrected chi connectivity index (χ0v) is 23.0. The fraction of sp³-hybridized carbons (Fsp3) is 1.00. The van der Waals surface area contributed by atoms with Crippen molar-refractivity contribution >= 4 is 121 Å². The van der Waals surface area contributed by atoms with Crippen LogP contribution in [0.15, 0.2) is 0 Å². The minimum absolute atomic E-state index is 0.483. The van der Waals surface area contributed by atoms with Gasteiger partial charge in [0, 0.05) is 23.0 Å². The highest BCUT2D eigenvalue weighted by atomic mass is 36.2. The molecule has 0 N–H and O–H groups in total. The van der Waals surface area contributed by atoms with Crippen molar-refractivity contribution in [2.75, 3.05) is 23.0 Å². The molecule has 0 rings (SSSR count). The molecule has 12 heteroatoms. The van der Waals surface area contributed by atoms with E-state index in [-0.39, 0.29) is 0 Å². The van der Waals surface area contributed by atoms with E-state index in [1.54, 1.807) is 0 Å². The lowest BCUT2D eigenvalue weighted by Gasteiger charge is -2.20. The lowest BCUT2D eigenvalue weighted by Crippen LogP contribution is -2.01. The van der Waals surface area contributed by atoms with Gasteiger partial charge in [0.1, 0.15) is 0 Å². The largest absolute Gasteiger partial charge is 0.0817 e. The third kappa shape index (κ3) is 22.1. The summed E-state index contributed by atoms with van der Waals surface area (Å²) >= 11 is 0. The quantitative estimate of drug-likeness (QED) is 0.141. The highest BCUT2D eigenvalue weighted by molar-refractivity contribution is 9.26. The zero-order chi connectivity index (χ0) is 18.6. The van der Waals surface area contributed by atoms with Crippen LogP contribution < -0.4 is 0 Å². The van der Waals surface area contributed by atoms with Crippen molar-refractivity contribution in [3.05, 3.63) is 0 Å². The Morgan fingerprint density at radius 1 is 0.667 bits per heavy atom. The smallest absolute Gasteiger partial charge is 0.0190 e. The summed E-state index contributed by atoms with van der Waals surface area (Å²) in [5.74, 6) is 4.66. The van der Waals surface area contributed by atoms with Crippen LogP contribution in [0.2, 0.25) is 0 Å². The summed E-state index contributed by atoms with van der Waals surface area (Å²) in [7, 11) is 39.0. The maximum atomic E-state index is 5.88. The van der Waals surface area contributed by atoms with Crippen LogP contribution in [-0.4, -0.2) is 23.0 Å². The van der Waals surface area contributed by atoms with Gasteiger partial charge in [0.15, 0.2) is 0 Å². The van der Waals surface area contributed by atoms with Gasteiger partial charge in [0.25, 0.3) is 0 Å². The number of rotatable bonds is 15. The molecular weight excluding hydrogens is 549 g/mol. The fourth-order valence-electron chi connectivity index (χ4n) is 1.90. The Labute approximate surface area is 192 Å². The summed E-state index contributed by atoms with van der Waals surface area (Å²) < 4.78 is 0. The number of hydrogen-bond acceptors (Lipinski definition) is 4. The van der Waals surface area contributed by atoms with Gasteiger partial charge in [0.2, 0.25) is 0 Å².